The highest BCUT2D eigenvalue weighted by molar-refractivity contribution is 7.86. The average molecular weight is 375 g/mol. The van der Waals surface area contributed by atoms with Crippen LogP contribution in [0.1, 0.15) is 38.5 Å². The number of carbonyl (C=O) groups is 2. The van der Waals surface area contributed by atoms with Crippen molar-refractivity contribution in [2.24, 2.45) is 5.92 Å². The maximum absolute atomic E-state index is 12.2. The molecule has 2 amide bonds. The standard InChI is InChI=1S/C16H30N4O4S/c1-18(2)25(23,24)20-10-5-6-14(13-20)12-17-15(21)8-11-19-9-4-3-7-16(19)22/h14H,3-13H2,1-2H3,(H,17,21). The highest BCUT2D eigenvalue weighted by atomic mass is 32.2. The van der Waals surface area contributed by atoms with Crippen LogP contribution in [-0.4, -0.2) is 80.6 Å². The molecule has 2 fully saturated rings. The molecule has 2 saturated heterocycles. The van der Waals surface area contributed by atoms with Crippen molar-refractivity contribution in [3.63, 3.8) is 0 Å². The molecular weight excluding hydrogens is 344 g/mol. The van der Waals surface area contributed by atoms with Gasteiger partial charge in [-0.05, 0) is 31.6 Å². The van der Waals surface area contributed by atoms with E-state index in [9.17, 15) is 18.0 Å². The van der Waals surface area contributed by atoms with E-state index in [-0.39, 0.29) is 17.7 Å². The second-order valence-electron chi connectivity index (χ2n) is 7.05. The molecule has 144 valence electrons. The van der Waals surface area contributed by atoms with Crippen molar-refractivity contribution in [3.05, 3.63) is 0 Å². The van der Waals surface area contributed by atoms with Gasteiger partial charge < -0.3 is 10.2 Å². The maximum Gasteiger partial charge on any atom is 0.281 e. The molecule has 1 atom stereocenters. The van der Waals surface area contributed by atoms with Gasteiger partial charge in [0.1, 0.15) is 0 Å². The largest absolute Gasteiger partial charge is 0.356 e. The van der Waals surface area contributed by atoms with E-state index in [1.165, 1.54) is 22.7 Å². The summed E-state index contributed by atoms with van der Waals surface area (Å²) in [5.74, 6) is 0.186. The van der Waals surface area contributed by atoms with Crippen molar-refractivity contribution < 1.29 is 18.0 Å². The van der Waals surface area contributed by atoms with Gasteiger partial charge in [-0.3, -0.25) is 9.59 Å². The molecule has 1 N–H and O–H groups in total. The van der Waals surface area contributed by atoms with Gasteiger partial charge in [0.2, 0.25) is 11.8 Å². The molecule has 2 rings (SSSR count). The predicted octanol–water partition coefficient (Wildman–Crippen LogP) is 0.0236. The van der Waals surface area contributed by atoms with Crippen LogP contribution in [0, 0.1) is 5.92 Å². The normalized spacial score (nSPS) is 23.1. The minimum atomic E-state index is -3.39. The number of likely N-dealkylation sites (tertiary alicyclic amines) is 1. The van der Waals surface area contributed by atoms with Crippen LogP contribution in [0.4, 0.5) is 0 Å². The smallest absolute Gasteiger partial charge is 0.281 e. The second-order valence-corrected chi connectivity index (χ2v) is 9.19. The summed E-state index contributed by atoms with van der Waals surface area (Å²) in [4.78, 5) is 25.5. The summed E-state index contributed by atoms with van der Waals surface area (Å²) in [6, 6.07) is 0. The SMILES string of the molecule is CN(C)S(=O)(=O)N1CCCC(CNC(=O)CCN2CCCCC2=O)C1. The number of nitrogens with zero attached hydrogens (tertiary/aromatic N) is 3. The molecule has 9 heteroatoms. The number of hydrogen-bond donors (Lipinski definition) is 1. The van der Waals surface area contributed by atoms with Gasteiger partial charge >= 0.3 is 0 Å². The molecule has 0 saturated carbocycles. The Morgan fingerprint density at radius 1 is 1.24 bits per heavy atom. The minimum Gasteiger partial charge on any atom is -0.356 e. The lowest BCUT2D eigenvalue weighted by atomic mass is 10.00. The van der Waals surface area contributed by atoms with Crippen LogP contribution < -0.4 is 5.32 Å². The van der Waals surface area contributed by atoms with E-state index < -0.39 is 10.2 Å². The minimum absolute atomic E-state index is 0.0778. The summed E-state index contributed by atoms with van der Waals surface area (Å²) in [6.45, 7) is 2.65. The van der Waals surface area contributed by atoms with Crippen molar-refractivity contribution in [2.45, 2.75) is 38.5 Å². The van der Waals surface area contributed by atoms with E-state index in [2.05, 4.69) is 5.32 Å². The fourth-order valence-corrected chi connectivity index (χ4v) is 4.54. The molecule has 0 aromatic heterocycles. The Hall–Kier alpha value is -1.19. The van der Waals surface area contributed by atoms with Crippen molar-refractivity contribution in [2.75, 3.05) is 46.8 Å². The first-order valence-electron chi connectivity index (χ1n) is 9.03. The number of carbonyl (C=O) groups excluding carboxylic acids is 2. The summed E-state index contributed by atoms with van der Waals surface area (Å²) in [6.07, 6.45) is 4.54. The van der Waals surface area contributed by atoms with Crippen LogP contribution in [0.15, 0.2) is 0 Å². The zero-order valence-corrected chi connectivity index (χ0v) is 16.1. The molecule has 2 aliphatic rings. The summed E-state index contributed by atoms with van der Waals surface area (Å²) >= 11 is 0. The van der Waals surface area contributed by atoms with Gasteiger partial charge in [0.05, 0.1) is 0 Å². The Bertz CT molecular complexity index is 579. The topological polar surface area (TPSA) is 90.0 Å². The zero-order valence-electron chi connectivity index (χ0n) is 15.2. The second kappa shape index (κ2) is 8.95. The van der Waals surface area contributed by atoms with E-state index in [0.29, 0.717) is 39.0 Å². The molecule has 0 aromatic carbocycles. The van der Waals surface area contributed by atoms with Crippen LogP contribution in [0.5, 0.6) is 0 Å². The van der Waals surface area contributed by atoms with Crippen molar-refractivity contribution in [1.82, 2.24) is 18.8 Å². The van der Waals surface area contributed by atoms with Crippen molar-refractivity contribution in [3.8, 4) is 0 Å². The van der Waals surface area contributed by atoms with Gasteiger partial charge in [-0.1, -0.05) is 0 Å². The van der Waals surface area contributed by atoms with E-state index in [1.54, 1.807) is 4.90 Å². The van der Waals surface area contributed by atoms with E-state index in [1.807, 2.05) is 0 Å². The summed E-state index contributed by atoms with van der Waals surface area (Å²) in [5, 5.41) is 2.90. The highest BCUT2D eigenvalue weighted by Gasteiger charge is 2.30. The van der Waals surface area contributed by atoms with E-state index >= 15 is 0 Å². The molecule has 2 aliphatic heterocycles. The molecular formula is C16H30N4O4S. The van der Waals surface area contributed by atoms with Gasteiger partial charge in [-0.15, -0.1) is 0 Å². The Morgan fingerprint density at radius 2 is 2.00 bits per heavy atom. The molecule has 1 unspecified atom stereocenters. The van der Waals surface area contributed by atoms with E-state index in [0.717, 1.165) is 32.2 Å². The first-order chi connectivity index (χ1) is 11.8. The Balaban J connectivity index is 1.73. The number of hydrogen-bond acceptors (Lipinski definition) is 4. The third-order valence-corrected chi connectivity index (χ3v) is 6.79. The molecule has 0 aliphatic carbocycles. The Kier molecular flexibility index (Phi) is 7.21. The number of nitrogens with one attached hydrogen (secondary N) is 1. The molecule has 2 heterocycles. The average Bonchev–Trinajstić information content (AvgIpc) is 2.59. The number of piperidine rings is 2. The third-order valence-electron chi connectivity index (χ3n) is 4.89. The first-order valence-corrected chi connectivity index (χ1v) is 10.4. The maximum atomic E-state index is 12.2. The zero-order chi connectivity index (χ0) is 18.4. The van der Waals surface area contributed by atoms with Crippen LogP contribution in [0.2, 0.25) is 0 Å². The lowest BCUT2D eigenvalue weighted by Crippen LogP contribution is -2.47. The molecule has 0 bridgehead atoms. The predicted molar refractivity (Wildman–Crippen MR) is 95.0 cm³/mol. The highest BCUT2D eigenvalue weighted by Crippen LogP contribution is 2.19. The van der Waals surface area contributed by atoms with Crippen molar-refractivity contribution in [1.29, 1.82) is 0 Å². The lowest BCUT2D eigenvalue weighted by Gasteiger charge is -2.33. The van der Waals surface area contributed by atoms with Gasteiger partial charge in [-0.2, -0.15) is 17.0 Å². The molecule has 0 radical (unpaired) electrons. The van der Waals surface area contributed by atoms with Crippen LogP contribution >= 0.6 is 0 Å². The summed E-state index contributed by atoms with van der Waals surface area (Å²) in [7, 11) is -0.332. The summed E-state index contributed by atoms with van der Waals surface area (Å²) < 4.78 is 27.1. The van der Waals surface area contributed by atoms with Gasteiger partial charge in [0.25, 0.3) is 10.2 Å². The summed E-state index contributed by atoms with van der Waals surface area (Å²) in [5.41, 5.74) is 0. The van der Waals surface area contributed by atoms with E-state index in [4.69, 9.17) is 0 Å². The monoisotopic (exact) mass is 374 g/mol. The fraction of sp³-hybridized carbons (Fsp3) is 0.875. The fourth-order valence-electron chi connectivity index (χ4n) is 3.32. The molecule has 0 aromatic rings. The number of amides is 2. The Morgan fingerprint density at radius 3 is 2.68 bits per heavy atom. The number of rotatable bonds is 7. The van der Waals surface area contributed by atoms with Crippen LogP contribution in [-0.2, 0) is 19.8 Å². The van der Waals surface area contributed by atoms with Crippen LogP contribution in [0.3, 0.4) is 0 Å². The Labute approximate surface area is 150 Å². The first kappa shape index (κ1) is 20.1. The molecule has 8 nitrogen and oxygen atoms in total. The van der Waals surface area contributed by atoms with Gasteiger partial charge in [0, 0.05) is 59.7 Å². The van der Waals surface area contributed by atoms with Gasteiger partial charge in [-0.25, -0.2) is 0 Å². The van der Waals surface area contributed by atoms with Crippen molar-refractivity contribution >= 4 is 22.0 Å². The quantitative estimate of drug-likeness (QED) is 0.680. The molecule has 25 heavy (non-hydrogen) atoms. The molecule has 0 spiro atoms. The van der Waals surface area contributed by atoms with Crippen LogP contribution in [0.25, 0.3) is 0 Å². The lowest BCUT2D eigenvalue weighted by molar-refractivity contribution is -0.133. The van der Waals surface area contributed by atoms with Gasteiger partial charge in [0.15, 0.2) is 0 Å². The third kappa shape index (κ3) is 5.65.